The molecule has 1 heterocycles. The molecule has 0 aliphatic rings. The number of carbonyl (C=O) groups is 3. The van der Waals surface area contributed by atoms with Gasteiger partial charge in [0, 0.05) is 11.6 Å². The third kappa shape index (κ3) is 7.40. The Bertz CT molecular complexity index is 1640. The van der Waals surface area contributed by atoms with Gasteiger partial charge in [-0.1, -0.05) is 41.9 Å². The van der Waals surface area contributed by atoms with E-state index in [2.05, 4.69) is 26.0 Å². The molecule has 0 radical (unpaired) electrons. The number of aromatic nitrogens is 4. The SMILES string of the molecule is CC(C)(C)OC(=O)c1ccc(NC(=O)[C@@H](NC(=O)/C=C/c2c(-n3ncnn3)ccc(Cl)c2F)c2ccccc2)c(F)c1. The normalized spacial score (nSPS) is 12.1. The van der Waals surface area contributed by atoms with Crippen LogP contribution in [0.2, 0.25) is 5.02 Å². The summed E-state index contributed by atoms with van der Waals surface area (Å²) in [6.45, 7) is 5.05. The molecule has 2 amide bonds. The van der Waals surface area contributed by atoms with Crippen LogP contribution in [0.25, 0.3) is 11.8 Å². The van der Waals surface area contributed by atoms with Crippen LogP contribution in [0.5, 0.6) is 0 Å². The van der Waals surface area contributed by atoms with Crippen LogP contribution >= 0.6 is 11.6 Å². The minimum atomic E-state index is -1.27. The van der Waals surface area contributed by atoms with Gasteiger partial charge in [-0.25, -0.2) is 13.6 Å². The molecule has 0 spiro atoms. The molecule has 0 saturated heterocycles. The second-order valence-electron chi connectivity index (χ2n) is 9.89. The van der Waals surface area contributed by atoms with Crippen molar-refractivity contribution in [1.82, 2.24) is 25.5 Å². The molecular weight excluding hydrogens is 570 g/mol. The van der Waals surface area contributed by atoms with Gasteiger partial charge in [-0.2, -0.15) is 0 Å². The zero-order valence-electron chi connectivity index (χ0n) is 22.6. The lowest BCUT2D eigenvalue weighted by atomic mass is 10.1. The highest BCUT2D eigenvalue weighted by atomic mass is 35.5. The van der Waals surface area contributed by atoms with Crippen molar-refractivity contribution in [1.29, 1.82) is 0 Å². The van der Waals surface area contributed by atoms with Gasteiger partial charge in [-0.3, -0.25) is 9.59 Å². The summed E-state index contributed by atoms with van der Waals surface area (Å²) < 4.78 is 35.0. The third-order valence-electron chi connectivity index (χ3n) is 5.62. The van der Waals surface area contributed by atoms with Gasteiger partial charge in [-0.15, -0.1) is 15.0 Å². The van der Waals surface area contributed by atoms with Gasteiger partial charge in [0.15, 0.2) is 12.1 Å². The quantitative estimate of drug-likeness (QED) is 0.216. The Morgan fingerprint density at radius 1 is 1.05 bits per heavy atom. The fourth-order valence-corrected chi connectivity index (χ4v) is 3.91. The number of tetrazole rings is 1. The standard InChI is InChI=1S/C29H25ClF2N6O4/c1-29(2,3)42-28(41)18-9-12-22(21(31)15-18)35-27(40)26(17-7-5-4-6-8-17)36-24(39)14-10-19-23(38-34-16-33-37-38)13-11-20(30)25(19)32/h4-16,26H,1-3H3,(H,35,40)(H,36,39)/b14-10+/t26-/m0/s1. The van der Waals surface area contributed by atoms with E-state index >= 15 is 0 Å². The van der Waals surface area contributed by atoms with E-state index in [9.17, 15) is 23.2 Å². The van der Waals surface area contributed by atoms with E-state index in [1.165, 1.54) is 24.3 Å². The van der Waals surface area contributed by atoms with Gasteiger partial charge in [0.25, 0.3) is 5.91 Å². The van der Waals surface area contributed by atoms with Crippen molar-refractivity contribution in [2.24, 2.45) is 0 Å². The number of anilines is 1. The summed E-state index contributed by atoms with van der Waals surface area (Å²) in [4.78, 5) is 39.6. The molecule has 1 aromatic heterocycles. The molecule has 4 aromatic rings. The highest BCUT2D eigenvalue weighted by Crippen LogP contribution is 2.26. The largest absolute Gasteiger partial charge is 0.456 e. The Kier molecular flexibility index (Phi) is 9.06. The summed E-state index contributed by atoms with van der Waals surface area (Å²) in [5, 5.41) is 16.0. The first-order valence-electron chi connectivity index (χ1n) is 12.5. The molecule has 1 atom stereocenters. The molecule has 216 valence electrons. The molecule has 4 rings (SSSR count). The van der Waals surface area contributed by atoms with Crippen LogP contribution in [0.1, 0.15) is 48.3 Å². The molecule has 3 aromatic carbocycles. The third-order valence-corrected chi connectivity index (χ3v) is 5.91. The van der Waals surface area contributed by atoms with Crippen LogP contribution in [0.4, 0.5) is 14.5 Å². The second-order valence-corrected chi connectivity index (χ2v) is 10.3. The topological polar surface area (TPSA) is 128 Å². The first kappa shape index (κ1) is 30.0. The lowest BCUT2D eigenvalue weighted by molar-refractivity contribution is -0.124. The highest BCUT2D eigenvalue weighted by Gasteiger charge is 2.24. The first-order chi connectivity index (χ1) is 19.9. The van der Waals surface area contributed by atoms with Crippen molar-refractivity contribution < 1.29 is 27.9 Å². The molecule has 0 aliphatic carbocycles. The van der Waals surface area contributed by atoms with E-state index in [-0.39, 0.29) is 27.5 Å². The highest BCUT2D eigenvalue weighted by molar-refractivity contribution is 6.31. The number of amides is 2. The van der Waals surface area contributed by atoms with Crippen LogP contribution in [-0.4, -0.2) is 43.6 Å². The van der Waals surface area contributed by atoms with E-state index in [1.54, 1.807) is 51.1 Å². The van der Waals surface area contributed by atoms with Gasteiger partial charge in [0.1, 0.15) is 17.5 Å². The Labute approximate surface area is 244 Å². The number of halogens is 3. The van der Waals surface area contributed by atoms with Crippen molar-refractivity contribution >= 4 is 41.1 Å². The average Bonchev–Trinajstić information content (AvgIpc) is 3.48. The number of esters is 1. The predicted molar refractivity (Wildman–Crippen MR) is 151 cm³/mol. The number of nitrogens with one attached hydrogen (secondary N) is 2. The van der Waals surface area contributed by atoms with Crippen molar-refractivity contribution in [3.63, 3.8) is 0 Å². The molecule has 0 aliphatic heterocycles. The number of hydrogen-bond acceptors (Lipinski definition) is 7. The molecule has 2 N–H and O–H groups in total. The average molecular weight is 595 g/mol. The van der Waals surface area contributed by atoms with E-state index in [1.807, 2.05) is 0 Å². The molecule has 10 nitrogen and oxygen atoms in total. The smallest absolute Gasteiger partial charge is 0.338 e. The molecule has 0 fully saturated rings. The zero-order chi connectivity index (χ0) is 30.4. The number of carbonyl (C=O) groups excluding carboxylic acids is 3. The summed E-state index contributed by atoms with van der Waals surface area (Å²) in [5.41, 5.74) is -0.562. The summed E-state index contributed by atoms with van der Waals surface area (Å²) >= 11 is 5.93. The minimum Gasteiger partial charge on any atom is -0.456 e. The maximum Gasteiger partial charge on any atom is 0.338 e. The number of hydrogen-bond donors (Lipinski definition) is 2. The Morgan fingerprint density at radius 3 is 2.43 bits per heavy atom. The molecule has 0 bridgehead atoms. The monoisotopic (exact) mass is 594 g/mol. The fraction of sp³-hybridized carbons (Fsp3) is 0.172. The Balaban J connectivity index is 1.55. The fourth-order valence-electron chi connectivity index (χ4n) is 3.75. The van der Waals surface area contributed by atoms with Gasteiger partial charge >= 0.3 is 5.97 Å². The van der Waals surface area contributed by atoms with Crippen LogP contribution < -0.4 is 10.6 Å². The first-order valence-corrected chi connectivity index (χ1v) is 12.9. The van der Waals surface area contributed by atoms with Crippen molar-refractivity contribution in [2.45, 2.75) is 32.4 Å². The van der Waals surface area contributed by atoms with Crippen molar-refractivity contribution in [3.8, 4) is 5.69 Å². The lowest BCUT2D eigenvalue weighted by Crippen LogP contribution is -2.36. The zero-order valence-corrected chi connectivity index (χ0v) is 23.4. The molecule has 42 heavy (non-hydrogen) atoms. The molecule has 13 heteroatoms. The minimum absolute atomic E-state index is 0.0350. The number of benzene rings is 3. The van der Waals surface area contributed by atoms with E-state index < -0.39 is 41.1 Å². The van der Waals surface area contributed by atoms with Crippen LogP contribution in [0, 0.1) is 11.6 Å². The summed E-state index contributed by atoms with van der Waals surface area (Å²) in [6.07, 6.45) is 3.32. The van der Waals surface area contributed by atoms with Crippen LogP contribution in [-0.2, 0) is 14.3 Å². The summed E-state index contributed by atoms with van der Waals surface area (Å²) in [6, 6.07) is 13.2. The maximum atomic E-state index is 14.9. The molecular formula is C29H25ClF2N6O4. The number of nitrogens with zero attached hydrogens (tertiary/aromatic N) is 4. The van der Waals surface area contributed by atoms with E-state index in [4.69, 9.17) is 16.3 Å². The van der Waals surface area contributed by atoms with Gasteiger partial charge in [0.2, 0.25) is 5.91 Å². The van der Waals surface area contributed by atoms with Crippen molar-refractivity contribution in [3.05, 3.63) is 106 Å². The van der Waals surface area contributed by atoms with Gasteiger partial charge < -0.3 is 15.4 Å². The maximum absolute atomic E-state index is 14.9. The number of ether oxygens (including phenoxy) is 1. The van der Waals surface area contributed by atoms with Crippen LogP contribution in [0.3, 0.4) is 0 Å². The number of rotatable bonds is 8. The van der Waals surface area contributed by atoms with Crippen LogP contribution in [0.15, 0.2) is 73.1 Å². The predicted octanol–water partition coefficient (Wildman–Crippen LogP) is 5.06. The Hall–Kier alpha value is -4.97. The summed E-state index contributed by atoms with van der Waals surface area (Å²) in [5.74, 6) is -3.96. The lowest BCUT2D eigenvalue weighted by Gasteiger charge is -2.20. The molecule has 0 unspecified atom stereocenters. The molecule has 0 saturated carbocycles. The summed E-state index contributed by atoms with van der Waals surface area (Å²) in [7, 11) is 0. The Morgan fingerprint density at radius 2 is 1.79 bits per heavy atom. The van der Waals surface area contributed by atoms with E-state index in [0.717, 1.165) is 29.3 Å². The second kappa shape index (κ2) is 12.7. The van der Waals surface area contributed by atoms with Crippen molar-refractivity contribution in [2.75, 3.05) is 5.32 Å². The van der Waals surface area contributed by atoms with E-state index in [0.29, 0.717) is 5.56 Å². The van der Waals surface area contributed by atoms with Gasteiger partial charge in [-0.05, 0) is 68.0 Å². The van der Waals surface area contributed by atoms with Gasteiger partial charge in [0.05, 0.1) is 22.0 Å².